The van der Waals surface area contributed by atoms with Gasteiger partial charge in [-0.1, -0.05) is 0 Å². The molecule has 1 aromatic heterocycles. The number of aliphatic hydroxyl groups excluding tert-OH is 1. The van der Waals surface area contributed by atoms with E-state index in [4.69, 9.17) is 15.9 Å². The molecule has 0 aliphatic carbocycles. The number of amides is 3. The highest BCUT2D eigenvalue weighted by atomic mass is 16.4. The summed E-state index contributed by atoms with van der Waals surface area (Å²) in [6.45, 7) is 0.541. The smallest absolute Gasteiger partial charge is 0.328 e. The predicted molar refractivity (Wildman–Crippen MR) is 98.7 cm³/mol. The molecule has 1 heterocycles. The van der Waals surface area contributed by atoms with Crippen LogP contribution in [0.4, 0.5) is 0 Å². The van der Waals surface area contributed by atoms with Crippen LogP contribution in [0, 0.1) is 0 Å². The Balaban J connectivity index is 2.75. The molecular weight excluding hydrogens is 404 g/mol. The predicted octanol–water partition coefficient (Wildman–Crippen LogP) is -3.69. The van der Waals surface area contributed by atoms with E-state index in [2.05, 4.69) is 20.6 Å². The van der Waals surface area contributed by atoms with Crippen molar-refractivity contribution in [2.24, 2.45) is 5.73 Å². The molecule has 0 fully saturated rings. The van der Waals surface area contributed by atoms with Gasteiger partial charge in [0.25, 0.3) is 0 Å². The van der Waals surface area contributed by atoms with Crippen LogP contribution in [0.5, 0.6) is 0 Å². The summed E-state index contributed by atoms with van der Waals surface area (Å²) in [6.07, 6.45) is 0.659. The third-order valence-corrected chi connectivity index (χ3v) is 3.83. The Hall–Kier alpha value is -3.52. The summed E-state index contributed by atoms with van der Waals surface area (Å²) < 4.78 is 0. The summed E-state index contributed by atoms with van der Waals surface area (Å²) in [5.41, 5.74) is 5.95. The van der Waals surface area contributed by atoms with E-state index in [9.17, 15) is 29.1 Å². The van der Waals surface area contributed by atoms with Gasteiger partial charge in [0.2, 0.25) is 17.7 Å². The molecule has 3 amide bonds. The molecule has 30 heavy (non-hydrogen) atoms. The van der Waals surface area contributed by atoms with E-state index in [1.165, 1.54) is 19.4 Å². The standard InChI is InChI=1S/C16H24N6O8/c1-7(23)13(16(29)30)22-11(24)5-19-15(28)10(2-8-4-18-6-20-8)21-14(27)9(17)3-12(25)26/h4,6-7,9-10,13,23H,2-3,5,17H2,1H3,(H,18,20)(H,19,28)(H,21,27)(H,22,24)(H,25,26)(H,29,30). The number of rotatable bonds is 12. The lowest BCUT2D eigenvalue weighted by atomic mass is 10.1. The van der Waals surface area contributed by atoms with Crippen molar-refractivity contribution in [3.63, 3.8) is 0 Å². The highest BCUT2D eigenvalue weighted by Crippen LogP contribution is 2.01. The maximum Gasteiger partial charge on any atom is 0.328 e. The molecule has 0 spiro atoms. The van der Waals surface area contributed by atoms with Crippen LogP contribution in [0.1, 0.15) is 19.0 Å². The van der Waals surface area contributed by atoms with Crippen molar-refractivity contribution in [1.29, 1.82) is 0 Å². The van der Waals surface area contributed by atoms with E-state index in [1.54, 1.807) is 0 Å². The molecule has 0 saturated carbocycles. The number of hydrogen-bond acceptors (Lipinski definition) is 8. The minimum Gasteiger partial charge on any atom is -0.481 e. The van der Waals surface area contributed by atoms with Gasteiger partial charge in [-0.25, -0.2) is 9.78 Å². The van der Waals surface area contributed by atoms with Gasteiger partial charge >= 0.3 is 11.9 Å². The zero-order chi connectivity index (χ0) is 22.8. The minimum absolute atomic E-state index is 0.0651. The van der Waals surface area contributed by atoms with Crippen LogP contribution in [0.3, 0.4) is 0 Å². The molecule has 14 nitrogen and oxygen atoms in total. The fourth-order valence-corrected chi connectivity index (χ4v) is 2.29. The number of carboxylic acids is 2. The number of imidazole rings is 1. The molecule has 0 bridgehead atoms. The van der Waals surface area contributed by atoms with Crippen molar-refractivity contribution in [1.82, 2.24) is 25.9 Å². The molecular formula is C16H24N6O8. The number of hydrogen-bond donors (Lipinski definition) is 8. The number of nitrogens with zero attached hydrogens (tertiary/aromatic N) is 1. The Morgan fingerprint density at radius 1 is 1.17 bits per heavy atom. The highest BCUT2D eigenvalue weighted by Gasteiger charge is 2.28. The lowest BCUT2D eigenvalue weighted by Gasteiger charge is -2.20. The molecule has 9 N–H and O–H groups in total. The maximum atomic E-state index is 12.4. The van der Waals surface area contributed by atoms with Crippen molar-refractivity contribution < 1.29 is 39.3 Å². The summed E-state index contributed by atoms with van der Waals surface area (Å²) in [4.78, 5) is 64.6. The summed E-state index contributed by atoms with van der Waals surface area (Å²) in [5, 5.41) is 33.6. The molecule has 0 radical (unpaired) electrons. The van der Waals surface area contributed by atoms with Gasteiger partial charge in [-0.2, -0.15) is 0 Å². The number of carbonyl (C=O) groups excluding carboxylic acids is 3. The van der Waals surface area contributed by atoms with Crippen LogP contribution in [-0.4, -0.2) is 85.7 Å². The van der Waals surface area contributed by atoms with Gasteiger partial charge in [0.1, 0.15) is 6.04 Å². The summed E-state index contributed by atoms with van der Waals surface area (Å²) in [6, 6.07) is -4.19. The summed E-state index contributed by atoms with van der Waals surface area (Å²) in [7, 11) is 0. The van der Waals surface area contributed by atoms with Crippen molar-refractivity contribution in [2.45, 2.75) is 44.0 Å². The van der Waals surface area contributed by atoms with Crippen LogP contribution in [0.25, 0.3) is 0 Å². The van der Waals surface area contributed by atoms with Crippen LogP contribution < -0.4 is 21.7 Å². The van der Waals surface area contributed by atoms with Gasteiger partial charge in [-0.15, -0.1) is 0 Å². The third-order valence-electron chi connectivity index (χ3n) is 3.83. The minimum atomic E-state index is -1.57. The molecule has 1 rings (SSSR count). The van der Waals surface area contributed by atoms with Crippen molar-refractivity contribution in [3.8, 4) is 0 Å². The number of aromatic amines is 1. The lowest BCUT2D eigenvalue weighted by molar-refractivity contribution is -0.144. The molecule has 14 heteroatoms. The third kappa shape index (κ3) is 8.24. The van der Waals surface area contributed by atoms with Crippen LogP contribution >= 0.6 is 0 Å². The van der Waals surface area contributed by atoms with Crippen molar-refractivity contribution >= 4 is 29.7 Å². The average Bonchev–Trinajstić information content (AvgIpc) is 3.15. The van der Waals surface area contributed by atoms with E-state index in [0.29, 0.717) is 5.69 Å². The van der Waals surface area contributed by atoms with E-state index in [0.717, 1.165) is 0 Å². The van der Waals surface area contributed by atoms with Gasteiger partial charge in [-0.3, -0.25) is 19.2 Å². The monoisotopic (exact) mass is 428 g/mol. The first-order valence-corrected chi connectivity index (χ1v) is 8.74. The highest BCUT2D eigenvalue weighted by molar-refractivity contribution is 5.93. The first kappa shape index (κ1) is 24.5. The lowest BCUT2D eigenvalue weighted by Crippen LogP contribution is -2.55. The first-order valence-electron chi connectivity index (χ1n) is 8.74. The number of H-pyrrole nitrogens is 1. The van der Waals surface area contributed by atoms with Crippen LogP contribution in [0.15, 0.2) is 12.5 Å². The molecule has 1 aromatic rings. The fourth-order valence-electron chi connectivity index (χ4n) is 2.29. The largest absolute Gasteiger partial charge is 0.481 e. The van der Waals surface area contributed by atoms with Crippen molar-refractivity contribution in [3.05, 3.63) is 18.2 Å². The van der Waals surface area contributed by atoms with E-state index in [-0.39, 0.29) is 6.42 Å². The van der Waals surface area contributed by atoms with E-state index < -0.39 is 66.9 Å². The zero-order valence-electron chi connectivity index (χ0n) is 16.0. The number of carbonyl (C=O) groups is 5. The summed E-state index contributed by atoms with van der Waals surface area (Å²) >= 11 is 0. The van der Waals surface area contributed by atoms with Crippen LogP contribution in [-0.2, 0) is 30.4 Å². The van der Waals surface area contributed by atoms with Gasteiger partial charge in [0.05, 0.1) is 31.4 Å². The van der Waals surface area contributed by atoms with E-state index in [1.807, 2.05) is 5.32 Å². The summed E-state index contributed by atoms with van der Waals surface area (Å²) in [5.74, 6) is -5.33. The number of carboxylic acid groups (broad SMARTS) is 2. The Bertz CT molecular complexity index is 766. The molecule has 0 saturated heterocycles. The number of nitrogens with one attached hydrogen (secondary N) is 4. The molecule has 4 atom stereocenters. The quantitative estimate of drug-likeness (QED) is 0.162. The molecule has 4 unspecified atom stereocenters. The second-order valence-corrected chi connectivity index (χ2v) is 6.39. The SMILES string of the molecule is CC(O)C(NC(=O)CNC(=O)C(Cc1cnc[nH]1)NC(=O)C(N)CC(=O)O)C(=O)O. The first-order chi connectivity index (χ1) is 14.0. The number of aliphatic carboxylic acids is 2. The molecule has 0 aliphatic rings. The Morgan fingerprint density at radius 3 is 2.33 bits per heavy atom. The Labute approximate surface area is 170 Å². The van der Waals surface area contributed by atoms with Gasteiger partial charge in [-0.05, 0) is 6.92 Å². The topological polar surface area (TPSA) is 237 Å². The van der Waals surface area contributed by atoms with Gasteiger partial charge in [0.15, 0.2) is 6.04 Å². The average molecular weight is 428 g/mol. The number of aliphatic hydroxyl groups is 1. The van der Waals surface area contributed by atoms with E-state index >= 15 is 0 Å². The second kappa shape index (κ2) is 11.5. The van der Waals surface area contributed by atoms with Gasteiger partial charge in [0, 0.05) is 18.3 Å². The maximum absolute atomic E-state index is 12.4. The molecule has 0 aliphatic heterocycles. The Morgan fingerprint density at radius 2 is 1.83 bits per heavy atom. The van der Waals surface area contributed by atoms with Gasteiger partial charge < -0.3 is 42.0 Å². The number of nitrogens with two attached hydrogens (primary N) is 1. The Kier molecular flexibility index (Phi) is 9.38. The normalized spacial score (nSPS) is 14.6. The van der Waals surface area contributed by atoms with Crippen molar-refractivity contribution in [2.75, 3.05) is 6.54 Å². The zero-order valence-corrected chi connectivity index (χ0v) is 16.0. The fraction of sp³-hybridized carbons (Fsp3) is 0.500. The molecule has 0 aromatic carbocycles. The second-order valence-electron chi connectivity index (χ2n) is 6.39. The van der Waals surface area contributed by atoms with Crippen LogP contribution in [0.2, 0.25) is 0 Å². The molecule has 166 valence electrons. The number of aromatic nitrogens is 2.